The minimum Gasteiger partial charge on any atom is -0.476 e. The number of aliphatic hydroxyl groups is 1. The molecule has 21 heavy (non-hydrogen) atoms. The summed E-state index contributed by atoms with van der Waals surface area (Å²) in [5.74, 6) is -1.15. The Morgan fingerprint density at radius 1 is 1.05 bits per heavy atom. The van der Waals surface area contributed by atoms with E-state index in [9.17, 15) is 9.90 Å². The summed E-state index contributed by atoms with van der Waals surface area (Å²) < 4.78 is 0. The molecule has 0 saturated carbocycles. The molecule has 5 nitrogen and oxygen atoms in total. The van der Waals surface area contributed by atoms with Gasteiger partial charge in [-0.3, -0.25) is 0 Å². The number of carboxylic acid groups (broad SMARTS) is 1. The molecule has 0 aliphatic heterocycles. The van der Waals surface area contributed by atoms with Crippen molar-refractivity contribution in [1.82, 2.24) is 9.97 Å². The van der Waals surface area contributed by atoms with Crippen molar-refractivity contribution in [3.63, 3.8) is 0 Å². The van der Waals surface area contributed by atoms with E-state index in [-0.39, 0.29) is 11.4 Å². The molecule has 3 N–H and O–H groups in total. The molecule has 1 atom stereocenters. The van der Waals surface area contributed by atoms with E-state index in [0.29, 0.717) is 0 Å². The zero-order valence-corrected chi connectivity index (χ0v) is 12.9. The van der Waals surface area contributed by atoms with Crippen LogP contribution in [0, 0.1) is 34.6 Å². The van der Waals surface area contributed by atoms with Gasteiger partial charge in [0.15, 0.2) is 5.69 Å². The van der Waals surface area contributed by atoms with Crippen molar-refractivity contribution in [2.24, 2.45) is 0 Å². The smallest absolute Gasteiger partial charge is 0.356 e. The third-order valence-corrected chi connectivity index (χ3v) is 4.48. The maximum atomic E-state index is 11.2. The first-order valence-electron chi connectivity index (χ1n) is 6.78. The molecule has 0 radical (unpaired) electrons. The average molecular weight is 288 g/mol. The van der Waals surface area contributed by atoms with Gasteiger partial charge in [-0.15, -0.1) is 0 Å². The quantitative estimate of drug-likeness (QED) is 0.810. The van der Waals surface area contributed by atoms with Gasteiger partial charge in [-0.25, -0.2) is 9.78 Å². The Bertz CT molecular complexity index is 688. The van der Waals surface area contributed by atoms with Crippen molar-refractivity contribution in [3.8, 4) is 0 Å². The number of hydrogen-bond acceptors (Lipinski definition) is 3. The molecule has 112 valence electrons. The van der Waals surface area contributed by atoms with Crippen LogP contribution in [-0.2, 0) is 0 Å². The van der Waals surface area contributed by atoms with E-state index < -0.39 is 12.1 Å². The number of rotatable bonds is 3. The molecule has 0 aliphatic carbocycles. The Morgan fingerprint density at radius 2 is 1.52 bits per heavy atom. The highest BCUT2D eigenvalue weighted by Crippen LogP contribution is 2.33. The number of nitrogens with one attached hydrogen (secondary N) is 1. The average Bonchev–Trinajstić information content (AvgIpc) is 2.92. The fourth-order valence-corrected chi connectivity index (χ4v) is 2.77. The maximum Gasteiger partial charge on any atom is 0.356 e. The van der Waals surface area contributed by atoms with Crippen molar-refractivity contribution in [2.45, 2.75) is 40.7 Å². The molecule has 5 heteroatoms. The van der Waals surface area contributed by atoms with Crippen LogP contribution in [0.5, 0.6) is 0 Å². The molecule has 0 fully saturated rings. The molecule has 1 aromatic heterocycles. The fourth-order valence-electron chi connectivity index (χ4n) is 2.77. The van der Waals surface area contributed by atoms with Crippen LogP contribution in [0.1, 0.15) is 55.7 Å². The summed E-state index contributed by atoms with van der Waals surface area (Å²) in [6, 6.07) is 0. The third kappa shape index (κ3) is 2.34. The Labute approximate surface area is 123 Å². The number of carbonyl (C=O) groups is 1. The SMILES string of the molecule is Cc1c(C)c(C)c(C(O)c2[nH]cnc2C(=O)O)c(C)c1C. The van der Waals surface area contributed by atoms with Gasteiger partial charge >= 0.3 is 5.97 Å². The first-order valence-corrected chi connectivity index (χ1v) is 6.78. The predicted octanol–water partition coefficient (Wildman–Crippen LogP) is 2.73. The lowest BCUT2D eigenvalue weighted by Gasteiger charge is -2.22. The molecule has 1 unspecified atom stereocenters. The van der Waals surface area contributed by atoms with E-state index in [1.165, 1.54) is 11.9 Å². The van der Waals surface area contributed by atoms with Crippen LogP contribution in [0.25, 0.3) is 0 Å². The van der Waals surface area contributed by atoms with Crippen LogP contribution in [0.15, 0.2) is 6.33 Å². The van der Waals surface area contributed by atoms with Gasteiger partial charge in [0.2, 0.25) is 0 Å². The normalized spacial score (nSPS) is 12.5. The van der Waals surface area contributed by atoms with Gasteiger partial charge in [0.1, 0.15) is 6.10 Å². The number of nitrogens with zero attached hydrogens (tertiary/aromatic N) is 1. The molecular formula is C16H20N2O3. The Morgan fingerprint density at radius 3 is 2.00 bits per heavy atom. The van der Waals surface area contributed by atoms with Crippen molar-refractivity contribution < 1.29 is 15.0 Å². The first-order chi connectivity index (χ1) is 9.77. The van der Waals surface area contributed by atoms with Gasteiger partial charge in [-0.05, 0) is 68.0 Å². The van der Waals surface area contributed by atoms with E-state index in [2.05, 4.69) is 16.9 Å². The van der Waals surface area contributed by atoms with Crippen molar-refractivity contribution in [1.29, 1.82) is 0 Å². The third-order valence-electron chi connectivity index (χ3n) is 4.48. The van der Waals surface area contributed by atoms with Crippen LogP contribution >= 0.6 is 0 Å². The predicted molar refractivity (Wildman–Crippen MR) is 79.7 cm³/mol. The molecule has 0 aliphatic rings. The zero-order valence-electron chi connectivity index (χ0n) is 12.9. The zero-order chi connectivity index (χ0) is 15.9. The second kappa shape index (κ2) is 5.33. The largest absolute Gasteiger partial charge is 0.476 e. The Hall–Kier alpha value is -2.14. The number of carboxylic acids is 1. The summed E-state index contributed by atoms with van der Waals surface area (Å²) in [7, 11) is 0. The summed E-state index contributed by atoms with van der Waals surface area (Å²) in [5, 5.41) is 19.8. The number of benzene rings is 1. The highest BCUT2D eigenvalue weighted by atomic mass is 16.4. The highest BCUT2D eigenvalue weighted by Gasteiger charge is 2.25. The van der Waals surface area contributed by atoms with Gasteiger partial charge in [0.25, 0.3) is 0 Å². The number of aromatic nitrogens is 2. The van der Waals surface area contributed by atoms with E-state index in [1.807, 2.05) is 27.7 Å². The van der Waals surface area contributed by atoms with Gasteiger partial charge in [0, 0.05) is 0 Å². The van der Waals surface area contributed by atoms with Gasteiger partial charge in [-0.1, -0.05) is 0 Å². The minimum atomic E-state index is -1.15. The summed E-state index contributed by atoms with van der Waals surface area (Å²) >= 11 is 0. The lowest BCUT2D eigenvalue weighted by molar-refractivity contribution is 0.0685. The summed E-state index contributed by atoms with van der Waals surface area (Å²) in [4.78, 5) is 17.7. The number of aromatic carboxylic acids is 1. The highest BCUT2D eigenvalue weighted by molar-refractivity contribution is 5.87. The first kappa shape index (κ1) is 15.3. The van der Waals surface area contributed by atoms with Crippen LogP contribution in [0.4, 0.5) is 0 Å². The number of imidazole rings is 1. The lowest BCUT2D eigenvalue weighted by atomic mass is 9.86. The molecule has 0 spiro atoms. The molecule has 2 rings (SSSR count). The molecule has 1 heterocycles. The van der Waals surface area contributed by atoms with Crippen LogP contribution in [-0.4, -0.2) is 26.2 Å². The summed E-state index contributed by atoms with van der Waals surface area (Å²) in [6.07, 6.45) is 0.261. The second-order valence-electron chi connectivity index (χ2n) is 5.41. The molecule has 0 amide bonds. The van der Waals surface area contributed by atoms with Crippen LogP contribution in [0.2, 0.25) is 0 Å². The van der Waals surface area contributed by atoms with E-state index in [0.717, 1.165) is 27.8 Å². The van der Waals surface area contributed by atoms with E-state index >= 15 is 0 Å². The van der Waals surface area contributed by atoms with Crippen molar-refractivity contribution in [3.05, 3.63) is 51.1 Å². The minimum absolute atomic E-state index is 0.141. The van der Waals surface area contributed by atoms with E-state index in [4.69, 9.17) is 5.11 Å². The topological polar surface area (TPSA) is 86.2 Å². The van der Waals surface area contributed by atoms with Gasteiger partial charge in [0.05, 0.1) is 12.0 Å². The summed E-state index contributed by atoms with van der Waals surface area (Å²) in [5.41, 5.74) is 6.22. The van der Waals surface area contributed by atoms with Crippen LogP contribution < -0.4 is 0 Å². The number of H-pyrrole nitrogens is 1. The second-order valence-corrected chi connectivity index (χ2v) is 5.41. The molecule has 0 bridgehead atoms. The Balaban J connectivity index is 2.67. The number of aromatic amines is 1. The van der Waals surface area contributed by atoms with Gasteiger partial charge < -0.3 is 15.2 Å². The van der Waals surface area contributed by atoms with Crippen molar-refractivity contribution >= 4 is 5.97 Å². The van der Waals surface area contributed by atoms with Crippen LogP contribution in [0.3, 0.4) is 0 Å². The molecular weight excluding hydrogens is 268 g/mol. The molecule has 1 aromatic carbocycles. The fraction of sp³-hybridized carbons (Fsp3) is 0.375. The summed E-state index contributed by atoms with van der Waals surface area (Å²) in [6.45, 7) is 9.98. The maximum absolute atomic E-state index is 11.2. The Kier molecular flexibility index (Phi) is 3.87. The molecule has 2 aromatic rings. The molecule has 0 saturated heterocycles. The monoisotopic (exact) mass is 288 g/mol. The van der Waals surface area contributed by atoms with Crippen molar-refractivity contribution in [2.75, 3.05) is 0 Å². The van der Waals surface area contributed by atoms with E-state index in [1.54, 1.807) is 0 Å². The number of hydrogen-bond donors (Lipinski definition) is 3. The standard InChI is InChI=1S/C16H20N2O3/c1-7-8(2)10(4)12(11(5)9(7)3)15(19)13-14(16(20)21)18-6-17-13/h6,15,19H,1-5H3,(H,17,18)(H,20,21). The number of aliphatic hydroxyl groups excluding tert-OH is 1. The van der Waals surface area contributed by atoms with Gasteiger partial charge in [-0.2, -0.15) is 0 Å². The lowest BCUT2D eigenvalue weighted by Crippen LogP contribution is -2.13.